The molecule has 1 N–H and O–H groups in total. The Kier molecular flexibility index (Phi) is 5.58. The van der Waals surface area contributed by atoms with Crippen molar-refractivity contribution in [3.8, 4) is 0 Å². The summed E-state index contributed by atoms with van der Waals surface area (Å²) in [6.07, 6.45) is 0.421. The van der Waals surface area contributed by atoms with Gasteiger partial charge in [0, 0.05) is 44.0 Å². The first-order valence-electron chi connectivity index (χ1n) is 8.01. The van der Waals surface area contributed by atoms with E-state index in [2.05, 4.69) is 31.2 Å². The van der Waals surface area contributed by atoms with E-state index < -0.39 is 0 Å². The molecule has 2 rings (SSSR count). The number of rotatable bonds is 5. The molecule has 1 aromatic rings. The highest BCUT2D eigenvalue weighted by Crippen LogP contribution is 2.19. The van der Waals surface area contributed by atoms with Crippen molar-refractivity contribution in [2.45, 2.75) is 52.8 Å². The number of morpholine rings is 1. The Bertz CT molecular complexity index is 518. The third-order valence-electron chi connectivity index (χ3n) is 4.19. The van der Waals surface area contributed by atoms with Crippen molar-refractivity contribution < 1.29 is 9.53 Å². The minimum absolute atomic E-state index is 0.00992. The molecular weight excluding hydrogens is 280 g/mol. The average molecular weight is 308 g/mol. The molecule has 1 amide bonds. The van der Waals surface area contributed by atoms with Crippen LogP contribution < -0.4 is 5.32 Å². The Hall–Kier alpha value is -1.40. The molecule has 1 aromatic heterocycles. The van der Waals surface area contributed by atoms with E-state index >= 15 is 0 Å². The zero-order valence-corrected chi connectivity index (χ0v) is 14.3. The van der Waals surface area contributed by atoms with E-state index in [0.29, 0.717) is 25.6 Å². The lowest BCUT2D eigenvalue weighted by atomic mass is 10.1. The average Bonchev–Trinajstić information content (AvgIpc) is 2.76. The molecular formula is C16H28N4O2. The number of ether oxygens (including phenoxy) is 1. The van der Waals surface area contributed by atoms with Gasteiger partial charge in [0.15, 0.2) is 0 Å². The predicted octanol–water partition coefficient (Wildman–Crippen LogP) is 1.42. The summed E-state index contributed by atoms with van der Waals surface area (Å²) in [6, 6.07) is 0.329. The van der Waals surface area contributed by atoms with E-state index in [0.717, 1.165) is 30.0 Å². The molecule has 6 nitrogen and oxygen atoms in total. The maximum Gasteiger partial charge on any atom is 0.225 e. The van der Waals surface area contributed by atoms with Crippen LogP contribution >= 0.6 is 0 Å². The second kappa shape index (κ2) is 7.24. The zero-order chi connectivity index (χ0) is 16.3. The molecule has 0 radical (unpaired) electrons. The lowest BCUT2D eigenvalue weighted by Gasteiger charge is -2.25. The fourth-order valence-electron chi connectivity index (χ4n) is 2.86. The summed E-state index contributed by atoms with van der Waals surface area (Å²) in [5, 5.41) is 7.84. The maximum atomic E-state index is 12.4. The van der Waals surface area contributed by atoms with Crippen LogP contribution in [-0.4, -0.2) is 53.4 Å². The first-order chi connectivity index (χ1) is 10.4. The molecule has 2 heterocycles. The van der Waals surface area contributed by atoms with E-state index in [1.165, 1.54) is 0 Å². The molecule has 1 fully saturated rings. The second-order valence-electron chi connectivity index (χ2n) is 6.34. The molecule has 124 valence electrons. The van der Waals surface area contributed by atoms with Crippen LogP contribution in [-0.2, 0) is 16.1 Å². The summed E-state index contributed by atoms with van der Waals surface area (Å²) in [5.74, 6) is 0.116. The van der Waals surface area contributed by atoms with Crippen molar-refractivity contribution >= 4 is 5.91 Å². The number of nitrogens with zero attached hydrogens (tertiary/aromatic N) is 3. The van der Waals surface area contributed by atoms with Gasteiger partial charge < -0.3 is 15.0 Å². The third kappa shape index (κ3) is 3.87. The predicted molar refractivity (Wildman–Crippen MR) is 85.8 cm³/mol. The van der Waals surface area contributed by atoms with Crippen LogP contribution in [0.15, 0.2) is 0 Å². The number of amides is 1. The summed E-state index contributed by atoms with van der Waals surface area (Å²) in [6.45, 7) is 11.2. The fourth-order valence-corrected chi connectivity index (χ4v) is 2.86. The molecule has 6 heteroatoms. The summed E-state index contributed by atoms with van der Waals surface area (Å²) >= 11 is 0. The van der Waals surface area contributed by atoms with E-state index in [9.17, 15) is 4.79 Å². The van der Waals surface area contributed by atoms with Crippen LogP contribution in [0.25, 0.3) is 0 Å². The van der Waals surface area contributed by atoms with Gasteiger partial charge in [-0.2, -0.15) is 5.10 Å². The quantitative estimate of drug-likeness (QED) is 0.894. The van der Waals surface area contributed by atoms with E-state index in [-0.39, 0.29) is 12.0 Å². The van der Waals surface area contributed by atoms with Crippen molar-refractivity contribution in [2.24, 2.45) is 0 Å². The highest BCUT2D eigenvalue weighted by molar-refractivity contribution is 5.76. The number of hydrogen-bond donors (Lipinski definition) is 1. The summed E-state index contributed by atoms with van der Waals surface area (Å²) in [4.78, 5) is 14.1. The van der Waals surface area contributed by atoms with Crippen LogP contribution in [0.3, 0.4) is 0 Å². The van der Waals surface area contributed by atoms with Gasteiger partial charge in [0.05, 0.1) is 24.8 Å². The number of carbonyl (C=O) groups excluding carboxylic acids is 1. The van der Waals surface area contributed by atoms with Crippen LogP contribution in [0.1, 0.15) is 43.3 Å². The first kappa shape index (κ1) is 17.0. The first-order valence-corrected chi connectivity index (χ1v) is 8.01. The number of aromatic nitrogens is 2. The minimum Gasteiger partial charge on any atom is -0.375 e. The largest absolute Gasteiger partial charge is 0.375 e. The topological polar surface area (TPSA) is 59.4 Å². The Morgan fingerprint density at radius 2 is 2.23 bits per heavy atom. The molecule has 0 aliphatic carbocycles. The molecule has 0 bridgehead atoms. The standard InChI is InChI=1S/C16H28N4O2/c1-11(2)20-13(4)15(12(3)18-20)10-19(5)16(21)8-14-9-17-6-7-22-14/h11,14,17H,6-10H2,1-5H3. The Morgan fingerprint density at radius 1 is 1.50 bits per heavy atom. The maximum absolute atomic E-state index is 12.4. The van der Waals surface area contributed by atoms with Gasteiger partial charge in [0.2, 0.25) is 5.91 Å². The van der Waals surface area contributed by atoms with Gasteiger partial charge in [-0.05, 0) is 27.7 Å². The number of aryl methyl sites for hydroxylation is 1. The van der Waals surface area contributed by atoms with E-state index in [4.69, 9.17) is 4.74 Å². The van der Waals surface area contributed by atoms with Crippen LogP contribution in [0, 0.1) is 13.8 Å². The van der Waals surface area contributed by atoms with Gasteiger partial charge in [-0.15, -0.1) is 0 Å². The SMILES string of the molecule is Cc1nn(C(C)C)c(C)c1CN(C)C(=O)CC1CNCCO1. The van der Waals surface area contributed by atoms with Gasteiger partial charge in [-0.3, -0.25) is 9.48 Å². The summed E-state index contributed by atoms with van der Waals surface area (Å²) < 4.78 is 7.63. The summed E-state index contributed by atoms with van der Waals surface area (Å²) in [7, 11) is 1.85. The monoisotopic (exact) mass is 308 g/mol. The third-order valence-corrected chi connectivity index (χ3v) is 4.19. The molecule has 1 atom stereocenters. The smallest absolute Gasteiger partial charge is 0.225 e. The van der Waals surface area contributed by atoms with Crippen LogP contribution in [0.2, 0.25) is 0 Å². The van der Waals surface area contributed by atoms with Crippen LogP contribution in [0.5, 0.6) is 0 Å². The van der Waals surface area contributed by atoms with Crippen molar-refractivity contribution in [1.82, 2.24) is 20.0 Å². The molecule has 0 aromatic carbocycles. The van der Waals surface area contributed by atoms with Crippen molar-refractivity contribution in [3.05, 3.63) is 17.0 Å². The van der Waals surface area contributed by atoms with Gasteiger partial charge in [-0.25, -0.2) is 0 Å². The Balaban J connectivity index is 1.99. The van der Waals surface area contributed by atoms with Gasteiger partial charge in [-0.1, -0.05) is 0 Å². The summed E-state index contributed by atoms with van der Waals surface area (Å²) in [5.41, 5.74) is 3.29. The molecule has 0 spiro atoms. The van der Waals surface area contributed by atoms with Crippen LogP contribution in [0.4, 0.5) is 0 Å². The number of hydrogen-bond acceptors (Lipinski definition) is 4. The molecule has 1 unspecified atom stereocenters. The van der Waals surface area contributed by atoms with Crippen molar-refractivity contribution in [1.29, 1.82) is 0 Å². The highest BCUT2D eigenvalue weighted by atomic mass is 16.5. The lowest BCUT2D eigenvalue weighted by molar-refractivity contribution is -0.133. The molecule has 0 saturated carbocycles. The lowest BCUT2D eigenvalue weighted by Crippen LogP contribution is -2.41. The van der Waals surface area contributed by atoms with Crippen molar-refractivity contribution in [3.63, 3.8) is 0 Å². The molecule has 1 saturated heterocycles. The minimum atomic E-state index is -0.00992. The molecule has 1 aliphatic rings. The van der Waals surface area contributed by atoms with E-state index in [1.807, 2.05) is 18.7 Å². The number of nitrogens with one attached hydrogen (secondary N) is 1. The Labute approximate surface area is 132 Å². The fraction of sp³-hybridized carbons (Fsp3) is 0.750. The normalized spacial score (nSPS) is 18.7. The molecule has 22 heavy (non-hydrogen) atoms. The second-order valence-corrected chi connectivity index (χ2v) is 6.34. The molecule has 1 aliphatic heterocycles. The van der Waals surface area contributed by atoms with Gasteiger partial charge in [0.1, 0.15) is 0 Å². The Morgan fingerprint density at radius 3 is 2.77 bits per heavy atom. The van der Waals surface area contributed by atoms with Gasteiger partial charge >= 0.3 is 0 Å². The zero-order valence-electron chi connectivity index (χ0n) is 14.3. The highest BCUT2D eigenvalue weighted by Gasteiger charge is 2.22. The van der Waals surface area contributed by atoms with Gasteiger partial charge in [0.25, 0.3) is 0 Å². The number of carbonyl (C=O) groups is 1. The van der Waals surface area contributed by atoms with E-state index in [1.54, 1.807) is 4.90 Å². The van der Waals surface area contributed by atoms with Crippen molar-refractivity contribution in [2.75, 3.05) is 26.7 Å².